The Kier molecular flexibility index (Phi) is 8.20. The second kappa shape index (κ2) is 11.4. The number of benzene rings is 3. The largest absolute Gasteiger partial charge is 0.385 e. The molecule has 5 nitrogen and oxygen atoms in total. The fourth-order valence-corrected chi connectivity index (χ4v) is 5.29. The number of likely N-dealkylation sites (tertiary alicyclic amines) is 1. The number of nitrogens with zero attached hydrogens (tertiary/aromatic N) is 1. The first-order valence-corrected chi connectivity index (χ1v) is 13.4. The molecule has 2 N–H and O–H groups in total. The van der Waals surface area contributed by atoms with Crippen molar-refractivity contribution in [1.82, 2.24) is 4.90 Å². The van der Waals surface area contributed by atoms with Crippen molar-refractivity contribution in [2.24, 2.45) is 5.92 Å². The number of hydrogen-bond acceptors (Lipinski definition) is 3. The highest BCUT2D eigenvalue weighted by Crippen LogP contribution is 2.39. The smallest absolute Gasteiger partial charge is 0.257 e. The summed E-state index contributed by atoms with van der Waals surface area (Å²) in [6, 6.07) is 19.9. The molecule has 1 aliphatic rings. The van der Waals surface area contributed by atoms with E-state index in [4.69, 9.17) is 0 Å². The van der Waals surface area contributed by atoms with Crippen LogP contribution in [0.3, 0.4) is 0 Å². The Morgan fingerprint density at radius 3 is 2.42 bits per heavy atom. The standard InChI is InChI=1S/C32H38FN3O2/c1-6-34-24-14-8-12-22(19-24)29-26(30(37)35-25-15-9-13-23(20-25)32(3,4)5)16-10-18-36(29)31(38)28-21(2)11-7-17-27(28)33/h7-9,11-15,17,19-20,26,29,34H,6,10,16,18H2,1-5H3,(H,35,37)/t26-,29?/m0/s1. The lowest BCUT2D eigenvalue weighted by Crippen LogP contribution is -2.46. The minimum atomic E-state index is -0.541. The third-order valence-electron chi connectivity index (χ3n) is 7.27. The molecule has 1 aliphatic heterocycles. The van der Waals surface area contributed by atoms with Crippen LogP contribution in [0.5, 0.6) is 0 Å². The second-order valence-corrected chi connectivity index (χ2v) is 11.1. The van der Waals surface area contributed by atoms with Gasteiger partial charge in [-0.05, 0) is 79.1 Å². The van der Waals surface area contributed by atoms with Crippen molar-refractivity contribution in [3.05, 3.63) is 94.8 Å². The van der Waals surface area contributed by atoms with Crippen molar-refractivity contribution in [3.63, 3.8) is 0 Å². The Labute approximate surface area is 225 Å². The summed E-state index contributed by atoms with van der Waals surface area (Å²) < 4.78 is 14.9. The van der Waals surface area contributed by atoms with Crippen LogP contribution < -0.4 is 10.6 Å². The lowest BCUT2D eigenvalue weighted by molar-refractivity contribution is -0.123. The van der Waals surface area contributed by atoms with Crippen LogP contribution in [0, 0.1) is 18.7 Å². The van der Waals surface area contributed by atoms with Gasteiger partial charge in [0.15, 0.2) is 0 Å². The zero-order chi connectivity index (χ0) is 27.4. The number of amides is 2. The van der Waals surface area contributed by atoms with E-state index in [2.05, 4.69) is 37.5 Å². The van der Waals surface area contributed by atoms with Crippen molar-refractivity contribution in [2.75, 3.05) is 23.7 Å². The minimum Gasteiger partial charge on any atom is -0.385 e. The molecule has 0 spiro atoms. The zero-order valence-electron chi connectivity index (χ0n) is 23.0. The lowest BCUT2D eigenvalue weighted by atomic mass is 9.83. The number of aryl methyl sites for hydroxylation is 1. The highest BCUT2D eigenvalue weighted by atomic mass is 19.1. The fraction of sp³-hybridized carbons (Fsp3) is 0.375. The van der Waals surface area contributed by atoms with E-state index in [-0.39, 0.29) is 22.8 Å². The molecule has 3 aromatic rings. The van der Waals surface area contributed by atoms with Crippen molar-refractivity contribution in [2.45, 2.75) is 58.9 Å². The minimum absolute atomic E-state index is 0.0539. The quantitative estimate of drug-likeness (QED) is 0.368. The highest BCUT2D eigenvalue weighted by Gasteiger charge is 2.40. The molecule has 2 amide bonds. The first-order chi connectivity index (χ1) is 18.1. The first-order valence-electron chi connectivity index (χ1n) is 13.4. The molecule has 200 valence electrons. The molecule has 1 saturated heterocycles. The number of carbonyl (C=O) groups is 2. The maximum absolute atomic E-state index is 14.9. The predicted molar refractivity (Wildman–Crippen MR) is 152 cm³/mol. The van der Waals surface area contributed by atoms with Gasteiger partial charge in [0.1, 0.15) is 5.82 Å². The molecule has 0 radical (unpaired) electrons. The van der Waals surface area contributed by atoms with Gasteiger partial charge in [-0.3, -0.25) is 9.59 Å². The summed E-state index contributed by atoms with van der Waals surface area (Å²) in [6.45, 7) is 11.4. The predicted octanol–water partition coefficient (Wildman–Crippen LogP) is 7.10. The normalized spacial score (nSPS) is 17.7. The average molecular weight is 516 g/mol. The van der Waals surface area contributed by atoms with Crippen LogP contribution in [-0.4, -0.2) is 29.8 Å². The van der Waals surface area contributed by atoms with Crippen LogP contribution in [-0.2, 0) is 10.2 Å². The highest BCUT2D eigenvalue weighted by molar-refractivity contribution is 5.98. The Bertz CT molecular complexity index is 1290. The molecule has 0 bridgehead atoms. The van der Waals surface area contributed by atoms with Crippen LogP contribution in [0.15, 0.2) is 66.7 Å². The van der Waals surface area contributed by atoms with Gasteiger partial charge in [-0.1, -0.05) is 57.2 Å². The molecule has 38 heavy (non-hydrogen) atoms. The van der Waals surface area contributed by atoms with Crippen LogP contribution in [0.4, 0.5) is 15.8 Å². The summed E-state index contributed by atoms with van der Waals surface area (Å²) in [4.78, 5) is 29.4. The van der Waals surface area contributed by atoms with Crippen LogP contribution in [0.1, 0.15) is 73.6 Å². The molecule has 0 aliphatic carbocycles. The molecular formula is C32H38FN3O2. The van der Waals surface area contributed by atoms with E-state index in [1.165, 1.54) is 6.07 Å². The number of anilines is 2. The number of nitrogens with one attached hydrogen (secondary N) is 2. The van der Waals surface area contributed by atoms with Gasteiger partial charge in [-0.2, -0.15) is 0 Å². The summed E-state index contributed by atoms with van der Waals surface area (Å²) in [6.07, 6.45) is 1.28. The molecule has 1 unspecified atom stereocenters. The van der Waals surface area contributed by atoms with E-state index >= 15 is 0 Å². The van der Waals surface area contributed by atoms with Gasteiger partial charge in [0.05, 0.1) is 17.5 Å². The Morgan fingerprint density at radius 1 is 1.00 bits per heavy atom. The summed E-state index contributed by atoms with van der Waals surface area (Å²) in [5, 5.41) is 6.44. The van der Waals surface area contributed by atoms with Gasteiger partial charge in [-0.25, -0.2) is 4.39 Å². The van der Waals surface area contributed by atoms with Gasteiger partial charge in [0, 0.05) is 24.5 Å². The third-order valence-corrected chi connectivity index (χ3v) is 7.27. The molecular weight excluding hydrogens is 477 g/mol. The van der Waals surface area contributed by atoms with Gasteiger partial charge in [0.2, 0.25) is 5.91 Å². The summed E-state index contributed by atoms with van der Waals surface area (Å²) in [5.74, 6) is -1.56. The number of hydrogen-bond donors (Lipinski definition) is 2. The SMILES string of the molecule is CCNc1cccc(C2[C@@H](C(=O)Nc3cccc(C(C)(C)C)c3)CCCN2C(=O)c2c(C)cccc2F)c1. The molecule has 2 atom stereocenters. The topological polar surface area (TPSA) is 61.4 Å². The van der Waals surface area contributed by atoms with E-state index in [9.17, 15) is 14.0 Å². The number of carbonyl (C=O) groups excluding carboxylic acids is 2. The van der Waals surface area contributed by atoms with E-state index in [0.29, 0.717) is 24.9 Å². The summed E-state index contributed by atoms with van der Waals surface area (Å²) in [7, 11) is 0. The average Bonchev–Trinajstić information content (AvgIpc) is 2.88. The Hall–Kier alpha value is -3.67. The number of halogens is 1. The van der Waals surface area contributed by atoms with Crippen molar-refractivity contribution < 1.29 is 14.0 Å². The monoisotopic (exact) mass is 515 g/mol. The van der Waals surface area contributed by atoms with Crippen LogP contribution >= 0.6 is 0 Å². The van der Waals surface area contributed by atoms with Gasteiger partial charge >= 0.3 is 0 Å². The zero-order valence-corrected chi connectivity index (χ0v) is 23.0. The maximum Gasteiger partial charge on any atom is 0.257 e. The van der Waals surface area contributed by atoms with Crippen molar-refractivity contribution >= 4 is 23.2 Å². The molecule has 6 heteroatoms. The Balaban J connectivity index is 1.73. The van der Waals surface area contributed by atoms with Crippen LogP contribution in [0.2, 0.25) is 0 Å². The lowest BCUT2D eigenvalue weighted by Gasteiger charge is -2.41. The molecule has 0 saturated carbocycles. The maximum atomic E-state index is 14.9. The third kappa shape index (κ3) is 5.90. The van der Waals surface area contributed by atoms with Crippen LogP contribution in [0.25, 0.3) is 0 Å². The molecule has 1 heterocycles. The summed E-state index contributed by atoms with van der Waals surface area (Å²) in [5.41, 5.74) is 4.23. The van der Waals surface area contributed by atoms with Gasteiger partial charge < -0.3 is 15.5 Å². The molecule has 1 fully saturated rings. The number of rotatable bonds is 6. The van der Waals surface area contributed by atoms with E-state index in [0.717, 1.165) is 29.0 Å². The van der Waals surface area contributed by atoms with E-state index in [1.807, 2.05) is 49.4 Å². The second-order valence-electron chi connectivity index (χ2n) is 11.1. The molecule has 0 aromatic heterocycles. The molecule has 4 rings (SSSR count). The molecule has 3 aromatic carbocycles. The Morgan fingerprint density at radius 2 is 1.71 bits per heavy atom. The summed E-state index contributed by atoms with van der Waals surface area (Å²) >= 11 is 0. The first kappa shape index (κ1) is 27.4. The van der Waals surface area contributed by atoms with Crippen molar-refractivity contribution in [3.8, 4) is 0 Å². The van der Waals surface area contributed by atoms with Gasteiger partial charge in [0.25, 0.3) is 5.91 Å². The van der Waals surface area contributed by atoms with Gasteiger partial charge in [-0.15, -0.1) is 0 Å². The number of piperidine rings is 1. The fourth-order valence-electron chi connectivity index (χ4n) is 5.29. The van der Waals surface area contributed by atoms with E-state index in [1.54, 1.807) is 24.0 Å². The van der Waals surface area contributed by atoms with E-state index < -0.39 is 17.8 Å². The van der Waals surface area contributed by atoms with Crippen molar-refractivity contribution in [1.29, 1.82) is 0 Å².